The van der Waals surface area contributed by atoms with Gasteiger partial charge in [-0.15, -0.1) is 0 Å². The summed E-state index contributed by atoms with van der Waals surface area (Å²) in [7, 11) is 1.61. The molecular weight excluding hydrogens is 366 g/mol. The average Bonchev–Trinajstić information content (AvgIpc) is 2.69. The van der Waals surface area contributed by atoms with Crippen molar-refractivity contribution in [2.75, 3.05) is 20.2 Å². The number of fused-ring (bicyclic) bond motifs is 1. The van der Waals surface area contributed by atoms with Gasteiger partial charge in [0.15, 0.2) is 0 Å². The zero-order valence-corrected chi connectivity index (χ0v) is 17.1. The SMILES string of the molecule is COc1ccc(-c2cc3ccc(O)c(CN4CC(C)CC(C)C4)c3oc2=O)cc1. The minimum Gasteiger partial charge on any atom is -0.507 e. The maximum Gasteiger partial charge on any atom is 0.344 e. The van der Waals surface area contributed by atoms with Gasteiger partial charge in [0.2, 0.25) is 0 Å². The van der Waals surface area contributed by atoms with Crippen molar-refractivity contribution in [2.45, 2.75) is 26.8 Å². The van der Waals surface area contributed by atoms with E-state index in [4.69, 9.17) is 9.15 Å². The van der Waals surface area contributed by atoms with Gasteiger partial charge in [0.05, 0.1) is 18.2 Å². The lowest BCUT2D eigenvalue weighted by Crippen LogP contribution is -2.38. The van der Waals surface area contributed by atoms with Gasteiger partial charge < -0.3 is 14.3 Å². The second-order valence-electron chi connectivity index (χ2n) is 8.30. The van der Waals surface area contributed by atoms with E-state index in [-0.39, 0.29) is 5.75 Å². The van der Waals surface area contributed by atoms with Crippen molar-refractivity contribution in [1.29, 1.82) is 0 Å². The van der Waals surface area contributed by atoms with E-state index < -0.39 is 5.63 Å². The average molecular weight is 393 g/mol. The van der Waals surface area contributed by atoms with E-state index in [2.05, 4.69) is 18.7 Å². The predicted octanol–water partition coefficient (Wildman–Crippen LogP) is 4.65. The highest BCUT2D eigenvalue weighted by Crippen LogP contribution is 2.32. The van der Waals surface area contributed by atoms with Crippen LogP contribution in [0.3, 0.4) is 0 Å². The molecule has 0 bridgehead atoms. The first-order valence-electron chi connectivity index (χ1n) is 10.1. The number of hydrogen-bond donors (Lipinski definition) is 1. The molecule has 0 spiro atoms. The third-order valence-electron chi connectivity index (χ3n) is 5.71. The van der Waals surface area contributed by atoms with E-state index in [1.54, 1.807) is 19.2 Å². The fraction of sp³-hybridized carbons (Fsp3) is 0.375. The Kier molecular flexibility index (Phi) is 5.33. The van der Waals surface area contributed by atoms with Crippen LogP contribution in [-0.2, 0) is 6.54 Å². The summed E-state index contributed by atoms with van der Waals surface area (Å²) >= 11 is 0. The number of aromatic hydroxyl groups is 1. The predicted molar refractivity (Wildman–Crippen MR) is 114 cm³/mol. The van der Waals surface area contributed by atoms with Crippen LogP contribution >= 0.6 is 0 Å². The smallest absolute Gasteiger partial charge is 0.344 e. The van der Waals surface area contributed by atoms with Crippen molar-refractivity contribution in [3.63, 3.8) is 0 Å². The third kappa shape index (κ3) is 4.01. The van der Waals surface area contributed by atoms with E-state index in [1.807, 2.05) is 30.3 Å². The number of benzene rings is 2. The normalized spacial score (nSPS) is 20.1. The molecule has 1 fully saturated rings. The number of phenolic OH excluding ortho intramolecular Hbond substituents is 1. The summed E-state index contributed by atoms with van der Waals surface area (Å²) in [6.07, 6.45) is 1.22. The molecule has 29 heavy (non-hydrogen) atoms. The Balaban J connectivity index is 1.73. The van der Waals surface area contributed by atoms with Gasteiger partial charge >= 0.3 is 5.63 Å². The van der Waals surface area contributed by atoms with Crippen molar-refractivity contribution >= 4 is 11.0 Å². The zero-order chi connectivity index (χ0) is 20.5. The lowest BCUT2D eigenvalue weighted by atomic mass is 9.91. The molecule has 2 aromatic carbocycles. The Morgan fingerprint density at radius 1 is 1.10 bits per heavy atom. The van der Waals surface area contributed by atoms with Gasteiger partial charge in [-0.25, -0.2) is 4.79 Å². The van der Waals surface area contributed by atoms with E-state index >= 15 is 0 Å². The Morgan fingerprint density at radius 2 is 1.79 bits per heavy atom. The molecule has 0 amide bonds. The molecule has 5 nitrogen and oxygen atoms in total. The standard InChI is InChI=1S/C24H27NO4/c1-15-10-16(2)13-25(12-15)14-21-22(26)9-6-18-11-20(24(27)29-23(18)21)17-4-7-19(28-3)8-5-17/h4-9,11,15-16,26H,10,12-14H2,1-3H3. The molecule has 5 heteroatoms. The maximum atomic E-state index is 12.8. The molecule has 2 heterocycles. The van der Waals surface area contributed by atoms with Crippen LogP contribution in [0.2, 0.25) is 0 Å². The molecule has 1 aliphatic rings. The number of phenols is 1. The van der Waals surface area contributed by atoms with Gasteiger partial charge in [-0.2, -0.15) is 0 Å². The lowest BCUT2D eigenvalue weighted by molar-refractivity contribution is 0.133. The van der Waals surface area contributed by atoms with Crippen molar-refractivity contribution in [3.8, 4) is 22.6 Å². The zero-order valence-electron chi connectivity index (χ0n) is 17.1. The van der Waals surface area contributed by atoms with Crippen LogP contribution < -0.4 is 10.4 Å². The fourth-order valence-corrected chi connectivity index (χ4v) is 4.50. The molecule has 1 N–H and O–H groups in total. The van der Waals surface area contributed by atoms with Gasteiger partial charge in [0, 0.05) is 25.0 Å². The topological polar surface area (TPSA) is 62.9 Å². The first kappa shape index (κ1) is 19.5. The molecule has 1 aromatic heterocycles. The van der Waals surface area contributed by atoms with Crippen LogP contribution in [0.1, 0.15) is 25.8 Å². The molecule has 4 rings (SSSR count). The first-order valence-corrected chi connectivity index (χ1v) is 10.1. The second kappa shape index (κ2) is 7.91. The van der Waals surface area contributed by atoms with Crippen LogP contribution in [-0.4, -0.2) is 30.2 Å². The summed E-state index contributed by atoms with van der Waals surface area (Å²) < 4.78 is 10.9. The number of nitrogens with zero attached hydrogens (tertiary/aromatic N) is 1. The minimum atomic E-state index is -0.408. The quantitative estimate of drug-likeness (QED) is 0.654. The van der Waals surface area contributed by atoms with Crippen LogP contribution in [0.15, 0.2) is 51.7 Å². The van der Waals surface area contributed by atoms with Crippen LogP contribution in [0.4, 0.5) is 0 Å². The molecule has 2 unspecified atom stereocenters. The van der Waals surface area contributed by atoms with Crippen LogP contribution in [0.25, 0.3) is 22.1 Å². The largest absolute Gasteiger partial charge is 0.507 e. The van der Waals surface area contributed by atoms with Crippen molar-refractivity contribution in [1.82, 2.24) is 4.90 Å². The van der Waals surface area contributed by atoms with Crippen molar-refractivity contribution in [3.05, 3.63) is 58.4 Å². The lowest BCUT2D eigenvalue weighted by Gasteiger charge is -2.35. The van der Waals surface area contributed by atoms with Crippen LogP contribution in [0, 0.1) is 11.8 Å². The molecule has 3 aromatic rings. The van der Waals surface area contributed by atoms with Gasteiger partial charge in [-0.3, -0.25) is 4.90 Å². The van der Waals surface area contributed by atoms with Gasteiger partial charge in [-0.1, -0.05) is 26.0 Å². The first-order chi connectivity index (χ1) is 13.9. The summed E-state index contributed by atoms with van der Waals surface area (Å²) in [6.45, 7) is 7.05. The molecule has 1 saturated heterocycles. The monoisotopic (exact) mass is 393 g/mol. The van der Waals surface area contributed by atoms with Crippen LogP contribution in [0.5, 0.6) is 11.5 Å². The van der Waals surface area contributed by atoms with Gasteiger partial charge in [0.1, 0.15) is 17.1 Å². The Bertz CT molecular complexity index is 1060. The number of piperidine rings is 1. The molecule has 0 saturated carbocycles. The van der Waals surface area contributed by atoms with Gasteiger partial charge in [-0.05, 0) is 54.2 Å². The van der Waals surface area contributed by atoms with E-state index in [1.165, 1.54) is 6.42 Å². The highest BCUT2D eigenvalue weighted by Gasteiger charge is 2.24. The van der Waals surface area contributed by atoms with Crippen molar-refractivity contribution in [2.24, 2.45) is 11.8 Å². The summed E-state index contributed by atoms with van der Waals surface area (Å²) in [5.74, 6) is 2.13. The summed E-state index contributed by atoms with van der Waals surface area (Å²) in [5, 5.41) is 11.3. The summed E-state index contributed by atoms with van der Waals surface area (Å²) in [5.41, 5.74) is 2.02. The Morgan fingerprint density at radius 3 is 2.45 bits per heavy atom. The third-order valence-corrected chi connectivity index (χ3v) is 5.71. The molecule has 0 aliphatic carbocycles. The maximum absolute atomic E-state index is 12.8. The number of methoxy groups -OCH3 is 1. The Hall–Kier alpha value is -2.79. The highest BCUT2D eigenvalue weighted by atomic mass is 16.5. The number of ether oxygens (including phenoxy) is 1. The number of hydrogen-bond acceptors (Lipinski definition) is 5. The second-order valence-corrected chi connectivity index (χ2v) is 8.30. The molecule has 152 valence electrons. The molecule has 2 atom stereocenters. The van der Waals surface area contributed by atoms with Crippen molar-refractivity contribution < 1.29 is 14.3 Å². The van der Waals surface area contributed by atoms with E-state index in [9.17, 15) is 9.90 Å². The van der Waals surface area contributed by atoms with Gasteiger partial charge in [0.25, 0.3) is 0 Å². The minimum absolute atomic E-state index is 0.170. The molecular formula is C24H27NO4. The molecule has 1 aliphatic heterocycles. The molecule has 0 radical (unpaired) electrons. The number of likely N-dealkylation sites (tertiary alicyclic amines) is 1. The van der Waals surface area contributed by atoms with E-state index in [0.717, 1.165) is 29.8 Å². The summed E-state index contributed by atoms with van der Waals surface area (Å²) in [6, 6.07) is 12.6. The van der Waals surface area contributed by atoms with E-state index in [0.29, 0.717) is 35.1 Å². The fourth-order valence-electron chi connectivity index (χ4n) is 4.50. The number of rotatable bonds is 4. The summed E-state index contributed by atoms with van der Waals surface area (Å²) in [4.78, 5) is 15.1. The highest BCUT2D eigenvalue weighted by molar-refractivity contribution is 5.85. The Labute approximate surface area is 170 Å².